The smallest absolute Gasteiger partial charge is 0.253 e. The first-order valence-corrected chi connectivity index (χ1v) is 9.51. The quantitative estimate of drug-likeness (QED) is 0.909. The molecular weight excluding hydrogens is 320 g/mol. The third-order valence-electron chi connectivity index (χ3n) is 4.92. The van der Waals surface area contributed by atoms with E-state index in [2.05, 4.69) is 10.3 Å². The first kappa shape index (κ1) is 15.7. The topological polar surface area (TPSA) is 58.1 Å². The molecule has 2 aromatic heterocycles. The zero-order valence-corrected chi connectivity index (χ0v) is 14.5. The summed E-state index contributed by atoms with van der Waals surface area (Å²) in [5, 5.41) is 4.72. The summed E-state index contributed by atoms with van der Waals surface area (Å²) in [6, 6.07) is 3.58. The Labute approximate surface area is 146 Å². The zero-order valence-electron chi connectivity index (χ0n) is 13.7. The maximum Gasteiger partial charge on any atom is 0.253 e. The van der Waals surface area contributed by atoms with Gasteiger partial charge in [-0.2, -0.15) is 0 Å². The Hall–Kier alpha value is -1.79. The Morgan fingerprint density at radius 2 is 1.92 bits per heavy atom. The van der Waals surface area contributed by atoms with Crippen LogP contribution in [0.3, 0.4) is 0 Å². The maximum absolute atomic E-state index is 12.5. The summed E-state index contributed by atoms with van der Waals surface area (Å²) in [7, 11) is 0. The molecule has 0 bridgehead atoms. The van der Waals surface area contributed by atoms with E-state index in [-0.39, 0.29) is 5.91 Å². The van der Waals surface area contributed by atoms with E-state index in [4.69, 9.17) is 4.98 Å². The number of nitrogens with one attached hydrogen (secondary N) is 1. The summed E-state index contributed by atoms with van der Waals surface area (Å²) in [6.07, 6.45) is 7.54. The van der Waals surface area contributed by atoms with Gasteiger partial charge in [-0.05, 0) is 31.4 Å². The standard InChI is InChI=1S/C18H22N4OS/c23-18(14-1-7-19-8-2-14)22-11-5-13(6-12-22)17-21-15-3-9-20-10-4-16(15)24-17/h1-2,7-8,13,20H,3-6,9-12H2. The van der Waals surface area contributed by atoms with E-state index in [1.54, 1.807) is 24.5 Å². The van der Waals surface area contributed by atoms with Crippen molar-refractivity contribution in [3.8, 4) is 0 Å². The van der Waals surface area contributed by atoms with Gasteiger partial charge in [0.1, 0.15) is 0 Å². The highest BCUT2D eigenvalue weighted by Crippen LogP contribution is 2.33. The van der Waals surface area contributed by atoms with Gasteiger partial charge in [0, 0.05) is 61.4 Å². The van der Waals surface area contributed by atoms with Crippen LogP contribution in [0.4, 0.5) is 0 Å². The van der Waals surface area contributed by atoms with Crippen molar-refractivity contribution in [2.75, 3.05) is 26.2 Å². The van der Waals surface area contributed by atoms with Crippen LogP contribution in [0.2, 0.25) is 0 Å². The summed E-state index contributed by atoms with van der Waals surface area (Å²) in [4.78, 5) is 24.9. The number of likely N-dealkylation sites (tertiary alicyclic amines) is 1. The molecule has 4 rings (SSSR count). The zero-order chi connectivity index (χ0) is 16.4. The lowest BCUT2D eigenvalue weighted by Gasteiger charge is -2.31. The van der Waals surface area contributed by atoms with Crippen LogP contribution < -0.4 is 5.32 Å². The Balaban J connectivity index is 1.40. The van der Waals surface area contributed by atoms with Crippen molar-refractivity contribution in [3.05, 3.63) is 45.7 Å². The molecule has 0 atom stereocenters. The predicted octanol–water partition coefficient (Wildman–Crippen LogP) is 2.25. The number of amides is 1. The molecule has 1 amide bonds. The minimum absolute atomic E-state index is 0.122. The first-order chi connectivity index (χ1) is 11.8. The van der Waals surface area contributed by atoms with Crippen LogP contribution in [0.15, 0.2) is 24.5 Å². The number of carbonyl (C=O) groups is 1. The highest BCUT2D eigenvalue weighted by atomic mass is 32.1. The molecule has 0 aromatic carbocycles. The highest BCUT2D eigenvalue weighted by Gasteiger charge is 2.27. The SMILES string of the molecule is O=C(c1ccncc1)N1CCC(c2nc3c(s2)CCNCC3)CC1. The molecule has 0 spiro atoms. The van der Waals surface area contributed by atoms with Gasteiger partial charge < -0.3 is 10.2 Å². The lowest BCUT2D eigenvalue weighted by Crippen LogP contribution is -2.37. The molecular formula is C18H22N4OS. The molecule has 126 valence electrons. The number of hydrogen-bond acceptors (Lipinski definition) is 5. The molecule has 0 saturated carbocycles. The van der Waals surface area contributed by atoms with Gasteiger partial charge >= 0.3 is 0 Å². The van der Waals surface area contributed by atoms with Gasteiger partial charge in [-0.1, -0.05) is 0 Å². The summed E-state index contributed by atoms with van der Waals surface area (Å²) in [6.45, 7) is 3.73. The van der Waals surface area contributed by atoms with E-state index in [0.717, 1.165) is 57.4 Å². The van der Waals surface area contributed by atoms with E-state index in [1.807, 2.05) is 16.2 Å². The maximum atomic E-state index is 12.5. The Kier molecular flexibility index (Phi) is 4.58. The molecule has 1 fully saturated rings. The van der Waals surface area contributed by atoms with Gasteiger partial charge in [0.2, 0.25) is 0 Å². The van der Waals surface area contributed by atoms with E-state index in [9.17, 15) is 4.79 Å². The van der Waals surface area contributed by atoms with Crippen LogP contribution in [-0.2, 0) is 12.8 Å². The number of fused-ring (bicyclic) bond motifs is 1. The van der Waals surface area contributed by atoms with Gasteiger partial charge in [-0.3, -0.25) is 9.78 Å². The lowest BCUT2D eigenvalue weighted by atomic mass is 9.97. The van der Waals surface area contributed by atoms with E-state index >= 15 is 0 Å². The number of thiazole rings is 1. The van der Waals surface area contributed by atoms with Gasteiger partial charge in [0.25, 0.3) is 5.91 Å². The van der Waals surface area contributed by atoms with Crippen LogP contribution in [-0.4, -0.2) is 47.0 Å². The van der Waals surface area contributed by atoms with E-state index < -0.39 is 0 Å². The molecule has 1 N–H and O–H groups in total. The fourth-order valence-electron chi connectivity index (χ4n) is 3.51. The molecule has 0 radical (unpaired) electrons. The lowest BCUT2D eigenvalue weighted by molar-refractivity contribution is 0.0713. The van der Waals surface area contributed by atoms with Crippen LogP contribution in [0.25, 0.3) is 0 Å². The molecule has 24 heavy (non-hydrogen) atoms. The average Bonchev–Trinajstić information content (AvgIpc) is 2.92. The Bertz CT molecular complexity index is 684. The molecule has 2 aliphatic rings. The van der Waals surface area contributed by atoms with Crippen LogP contribution >= 0.6 is 11.3 Å². The predicted molar refractivity (Wildman–Crippen MR) is 94.5 cm³/mol. The minimum atomic E-state index is 0.122. The fraction of sp³-hybridized carbons (Fsp3) is 0.500. The molecule has 5 nitrogen and oxygen atoms in total. The third-order valence-corrected chi connectivity index (χ3v) is 6.24. The van der Waals surface area contributed by atoms with Crippen molar-refractivity contribution >= 4 is 17.2 Å². The van der Waals surface area contributed by atoms with E-state index in [0.29, 0.717) is 5.92 Å². The van der Waals surface area contributed by atoms with Gasteiger partial charge in [0.05, 0.1) is 10.7 Å². The number of hydrogen-bond donors (Lipinski definition) is 1. The summed E-state index contributed by atoms with van der Waals surface area (Å²) < 4.78 is 0. The number of pyridine rings is 1. The fourth-order valence-corrected chi connectivity index (χ4v) is 4.79. The number of piperidine rings is 1. The number of carbonyl (C=O) groups excluding carboxylic acids is 1. The summed E-state index contributed by atoms with van der Waals surface area (Å²) in [5.41, 5.74) is 2.03. The highest BCUT2D eigenvalue weighted by molar-refractivity contribution is 7.11. The van der Waals surface area contributed by atoms with Gasteiger partial charge in [0.15, 0.2) is 0 Å². The summed E-state index contributed by atoms with van der Waals surface area (Å²) >= 11 is 1.90. The van der Waals surface area contributed by atoms with Crippen molar-refractivity contribution in [3.63, 3.8) is 0 Å². The van der Waals surface area contributed by atoms with Gasteiger partial charge in [-0.25, -0.2) is 4.98 Å². The number of nitrogens with zero attached hydrogens (tertiary/aromatic N) is 3. The Morgan fingerprint density at radius 3 is 2.71 bits per heavy atom. The van der Waals surface area contributed by atoms with Crippen LogP contribution in [0.5, 0.6) is 0 Å². The molecule has 2 aliphatic heterocycles. The van der Waals surface area contributed by atoms with Crippen LogP contribution in [0.1, 0.15) is 44.7 Å². The second-order valence-corrected chi connectivity index (χ2v) is 7.59. The van der Waals surface area contributed by atoms with E-state index in [1.165, 1.54) is 15.6 Å². The largest absolute Gasteiger partial charge is 0.339 e. The van der Waals surface area contributed by atoms with Gasteiger partial charge in [-0.15, -0.1) is 11.3 Å². The second-order valence-electron chi connectivity index (χ2n) is 6.47. The first-order valence-electron chi connectivity index (χ1n) is 8.70. The molecule has 6 heteroatoms. The average molecular weight is 342 g/mol. The van der Waals surface area contributed by atoms with Crippen molar-refractivity contribution in [1.29, 1.82) is 0 Å². The van der Waals surface area contributed by atoms with Crippen molar-refractivity contribution < 1.29 is 4.79 Å². The summed E-state index contributed by atoms with van der Waals surface area (Å²) in [5.74, 6) is 0.633. The molecule has 2 aromatic rings. The number of aromatic nitrogens is 2. The molecule has 0 unspecified atom stereocenters. The number of rotatable bonds is 2. The second kappa shape index (κ2) is 6.99. The molecule has 0 aliphatic carbocycles. The minimum Gasteiger partial charge on any atom is -0.339 e. The third kappa shape index (κ3) is 3.21. The molecule has 4 heterocycles. The van der Waals surface area contributed by atoms with Crippen LogP contribution in [0, 0.1) is 0 Å². The monoisotopic (exact) mass is 342 g/mol. The van der Waals surface area contributed by atoms with Crippen molar-refractivity contribution in [2.24, 2.45) is 0 Å². The van der Waals surface area contributed by atoms with Crippen molar-refractivity contribution in [1.82, 2.24) is 20.2 Å². The molecule has 1 saturated heterocycles. The Morgan fingerprint density at radius 1 is 1.17 bits per heavy atom. The van der Waals surface area contributed by atoms with Crippen molar-refractivity contribution in [2.45, 2.75) is 31.6 Å². The normalized spacial score (nSPS) is 18.9.